The number of piperazine rings is 1. The van der Waals surface area contributed by atoms with Gasteiger partial charge < -0.3 is 10.2 Å². The molecule has 0 saturated carbocycles. The van der Waals surface area contributed by atoms with Crippen molar-refractivity contribution in [2.24, 2.45) is 0 Å². The summed E-state index contributed by atoms with van der Waals surface area (Å²) < 4.78 is 0. The van der Waals surface area contributed by atoms with Crippen LogP contribution in [0.1, 0.15) is 6.42 Å². The molecule has 3 amide bonds. The highest BCUT2D eigenvalue weighted by Crippen LogP contribution is 2.09. The minimum Gasteiger partial charge on any atom is -0.339 e. The molecule has 1 atom stereocenters. The predicted octanol–water partition coefficient (Wildman–Crippen LogP) is -2.23. The number of rotatable bonds is 3. The highest BCUT2D eigenvalue weighted by atomic mass is 16.2. The summed E-state index contributed by atoms with van der Waals surface area (Å²) in [4.78, 5) is 38.0. The van der Waals surface area contributed by atoms with E-state index in [1.807, 2.05) is 0 Å². The second-order valence-corrected chi connectivity index (χ2v) is 4.68. The Kier molecular flexibility index (Phi) is 3.93. The van der Waals surface area contributed by atoms with Gasteiger partial charge in [-0.15, -0.1) is 0 Å². The van der Waals surface area contributed by atoms with Crippen LogP contribution in [0.2, 0.25) is 0 Å². The Bertz CT molecular complexity index is 365. The monoisotopic (exact) mass is 254 g/mol. The third kappa shape index (κ3) is 2.85. The zero-order chi connectivity index (χ0) is 13.1. The van der Waals surface area contributed by atoms with E-state index in [1.165, 1.54) is 0 Å². The van der Waals surface area contributed by atoms with E-state index in [2.05, 4.69) is 10.6 Å². The van der Waals surface area contributed by atoms with Gasteiger partial charge >= 0.3 is 0 Å². The Labute approximate surface area is 105 Å². The van der Waals surface area contributed by atoms with Gasteiger partial charge in [-0.3, -0.25) is 24.6 Å². The molecule has 2 rings (SSSR count). The molecule has 100 valence electrons. The van der Waals surface area contributed by atoms with Crippen molar-refractivity contribution in [2.75, 3.05) is 39.8 Å². The third-order valence-electron chi connectivity index (χ3n) is 3.33. The molecule has 2 fully saturated rings. The Morgan fingerprint density at radius 2 is 2.06 bits per heavy atom. The first-order chi connectivity index (χ1) is 8.58. The van der Waals surface area contributed by atoms with Crippen LogP contribution in [-0.4, -0.2) is 73.3 Å². The van der Waals surface area contributed by atoms with E-state index < -0.39 is 6.04 Å². The Morgan fingerprint density at radius 3 is 2.61 bits per heavy atom. The first kappa shape index (κ1) is 13.0. The van der Waals surface area contributed by atoms with Gasteiger partial charge in [-0.2, -0.15) is 0 Å². The second-order valence-electron chi connectivity index (χ2n) is 4.68. The van der Waals surface area contributed by atoms with Crippen LogP contribution in [0.5, 0.6) is 0 Å². The van der Waals surface area contributed by atoms with Gasteiger partial charge in [0.15, 0.2) is 0 Å². The molecular formula is C11H18N4O3. The molecule has 2 aliphatic heterocycles. The fourth-order valence-electron chi connectivity index (χ4n) is 2.23. The number of carbonyl (C=O) groups is 3. The molecule has 0 bridgehead atoms. The van der Waals surface area contributed by atoms with Gasteiger partial charge in [-0.1, -0.05) is 0 Å². The van der Waals surface area contributed by atoms with Gasteiger partial charge in [0.25, 0.3) is 0 Å². The maximum absolute atomic E-state index is 12.0. The lowest BCUT2D eigenvalue weighted by molar-refractivity contribution is -0.134. The van der Waals surface area contributed by atoms with Crippen LogP contribution in [0.15, 0.2) is 0 Å². The topological polar surface area (TPSA) is 81.8 Å². The van der Waals surface area contributed by atoms with Crippen LogP contribution in [0.4, 0.5) is 0 Å². The summed E-state index contributed by atoms with van der Waals surface area (Å²) in [5.74, 6) is -0.576. The molecule has 1 unspecified atom stereocenters. The zero-order valence-electron chi connectivity index (χ0n) is 10.4. The highest BCUT2D eigenvalue weighted by Gasteiger charge is 2.34. The lowest BCUT2D eigenvalue weighted by atomic mass is 10.2. The molecule has 0 aliphatic carbocycles. The van der Waals surface area contributed by atoms with Crippen molar-refractivity contribution in [1.29, 1.82) is 0 Å². The smallest absolute Gasteiger partial charge is 0.244 e. The molecule has 18 heavy (non-hydrogen) atoms. The molecule has 0 aromatic rings. The first-order valence-corrected chi connectivity index (χ1v) is 6.10. The summed E-state index contributed by atoms with van der Waals surface area (Å²) in [6.45, 7) is 3.17. The average molecular weight is 254 g/mol. The molecule has 0 aromatic heterocycles. The SMILES string of the molecule is CN(CC(=O)N1CCNCC1)C1CC(=O)NC1=O. The first-order valence-electron chi connectivity index (χ1n) is 6.10. The number of amides is 3. The number of carbonyl (C=O) groups excluding carboxylic acids is 3. The Balaban J connectivity index is 1.86. The van der Waals surface area contributed by atoms with Gasteiger partial charge in [-0.25, -0.2) is 0 Å². The number of nitrogens with zero attached hydrogens (tertiary/aromatic N) is 2. The van der Waals surface area contributed by atoms with E-state index in [0.717, 1.165) is 13.1 Å². The van der Waals surface area contributed by atoms with Crippen molar-refractivity contribution in [3.8, 4) is 0 Å². The number of likely N-dealkylation sites (N-methyl/N-ethyl adjacent to an activating group) is 1. The van der Waals surface area contributed by atoms with Crippen LogP contribution >= 0.6 is 0 Å². The number of imide groups is 1. The van der Waals surface area contributed by atoms with Crippen LogP contribution < -0.4 is 10.6 Å². The van der Waals surface area contributed by atoms with Gasteiger partial charge in [0.05, 0.1) is 19.0 Å². The van der Waals surface area contributed by atoms with Crippen molar-refractivity contribution in [2.45, 2.75) is 12.5 Å². The highest BCUT2D eigenvalue weighted by molar-refractivity contribution is 6.05. The van der Waals surface area contributed by atoms with E-state index in [4.69, 9.17) is 0 Å². The molecule has 7 nitrogen and oxygen atoms in total. The van der Waals surface area contributed by atoms with Crippen molar-refractivity contribution in [1.82, 2.24) is 20.4 Å². The van der Waals surface area contributed by atoms with E-state index >= 15 is 0 Å². The van der Waals surface area contributed by atoms with E-state index in [9.17, 15) is 14.4 Å². The van der Waals surface area contributed by atoms with Crippen molar-refractivity contribution < 1.29 is 14.4 Å². The van der Waals surface area contributed by atoms with Gasteiger partial charge in [-0.05, 0) is 7.05 Å². The van der Waals surface area contributed by atoms with Gasteiger partial charge in [0.1, 0.15) is 0 Å². The molecule has 2 N–H and O–H groups in total. The molecule has 7 heteroatoms. The average Bonchev–Trinajstić information content (AvgIpc) is 2.69. The minimum atomic E-state index is -0.510. The number of hydrogen-bond donors (Lipinski definition) is 2. The minimum absolute atomic E-state index is 0.00569. The summed E-state index contributed by atoms with van der Waals surface area (Å²) in [5, 5.41) is 5.42. The number of nitrogens with one attached hydrogen (secondary N) is 2. The largest absolute Gasteiger partial charge is 0.339 e. The van der Waals surface area contributed by atoms with Crippen molar-refractivity contribution >= 4 is 17.7 Å². The molecule has 2 aliphatic rings. The fourth-order valence-corrected chi connectivity index (χ4v) is 2.23. The van der Waals surface area contributed by atoms with Gasteiger partial charge in [0.2, 0.25) is 17.7 Å². The lowest BCUT2D eigenvalue weighted by Gasteiger charge is -2.30. The third-order valence-corrected chi connectivity index (χ3v) is 3.33. The lowest BCUT2D eigenvalue weighted by Crippen LogP contribution is -2.51. The van der Waals surface area contributed by atoms with Crippen molar-refractivity contribution in [3.05, 3.63) is 0 Å². The van der Waals surface area contributed by atoms with Crippen LogP contribution in [0, 0.1) is 0 Å². The quantitative estimate of drug-likeness (QED) is 0.557. The molecule has 0 spiro atoms. The zero-order valence-corrected chi connectivity index (χ0v) is 10.4. The summed E-state index contributed by atoms with van der Waals surface area (Å²) in [6.07, 6.45) is 0.143. The van der Waals surface area contributed by atoms with E-state index in [1.54, 1.807) is 16.8 Å². The summed E-state index contributed by atoms with van der Waals surface area (Å²) in [7, 11) is 1.70. The number of hydrogen-bond acceptors (Lipinski definition) is 5. The fraction of sp³-hybridized carbons (Fsp3) is 0.727. The molecule has 2 heterocycles. The van der Waals surface area contributed by atoms with Gasteiger partial charge in [0, 0.05) is 26.2 Å². The van der Waals surface area contributed by atoms with Crippen LogP contribution in [-0.2, 0) is 14.4 Å². The Morgan fingerprint density at radius 1 is 1.39 bits per heavy atom. The maximum atomic E-state index is 12.0. The second kappa shape index (κ2) is 5.45. The Hall–Kier alpha value is -1.47. The normalized spacial score (nSPS) is 24.6. The maximum Gasteiger partial charge on any atom is 0.244 e. The molecule has 2 saturated heterocycles. The van der Waals surface area contributed by atoms with Crippen LogP contribution in [0.25, 0.3) is 0 Å². The summed E-state index contributed by atoms with van der Waals surface area (Å²) in [5.41, 5.74) is 0. The molecule has 0 aromatic carbocycles. The van der Waals surface area contributed by atoms with E-state index in [-0.39, 0.29) is 30.7 Å². The van der Waals surface area contributed by atoms with Crippen molar-refractivity contribution in [3.63, 3.8) is 0 Å². The molecule has 0 radical (unpaired) electrons. The molecular weight excluding hydrogens is 236 g/mol. The predicted molar refractivity (Wildman–Crippen MR) is 63.6 cm³/mol. The van der Waals surface area contributed by atoms with Crippen LogP contribution in [0.3, 0.4) is 0 Å². The summed E-state index contributed by atoms with van der Waals surface area (Å²) >= 11 is 0. The van der Waals surface area contributed by atoms with E-state index in [0.29, 0.717) is 13.1 Å². The summed E-state index contributed by atoms with van der Waals surface area (Å²) in [6, 6.07) is -0.510. The standard InChI is InChI=1S/C11H18N4O3/c1-14(8-6-9(16)13-11(8)18)7-10(17)15-4-2-12-3-5-15/h8,12H,2-7H2,1H3,(H,13,16,18).